The second-order valence-corrected chi connectivity index (χ2v) is 7.93. The molecule has 1 aliphatic rings. The lowest BCUT2D eigenvalue weighted by Crippen LogP contribution is -2.38. The van der Waals surface area contributed by atoms with Gasteiger partial charge in [-0.15, -0.1) is 11.3 Å². The Balaban J connectivity index is 1.56. The molecule has 0 aliphatic heterocycles. The van der Waals surface area contributed by atoms with Gasteiger partial charge in [0.05, 0.1) is 11.6 Å². The van der Waals surface area contributed by atoms with E-state index >= 15 is 0 Å². The summed E-state index contributed by atoms with van der Waals surface area (Å²) in [6.07, 6.45) is 2.38. The van der Waals surface area contributed by atoms with E-state index in [4.69, 9.17) is 4.74 Å². The lowest BCUT2D eigenvalue weighted by atomic mass is 10.2. The molecule has 0 bridgehead atoms. The second kappa shape index (κ2) is 10.6. The summed E-state index contributed by atoms with van der Waals surface area (Å²) < 4.78 is 44.0. The number of thiazole rings is 1. The highest BCUT2D eigenvalue weighted by Crippen LogP contribution is 2.30. The third-order valence-corrected chi connectivity index (χ3v) is 5.56. The van der Waals surface area contributed by atoms with Crippen molar-refractivity contribution in [2.45, 2.75) is 57.9 Å². The minimum atomic E-state index is -4.40. The van der Waals surface area contributed by atoms with Crippen molar-refractivity contribution in [3.05, 3.63) is 40.0 Å². The molecule has 2 aromatic rings. The van der Waals surface area contributed by atoms with Gasteiger partial charge in [0.1, 0.15) is 6.10 Å². The molecule has 10 heteroatoms. The van der Waals surface area contributed by atoms with E-state index in [1.807, 2.05) is 19.1 Å². The van der Waals surface area contributed by atoms with Crippen LogP contribution in [0.4, 0.5) is 13.2 Å². The van der Waals surface area contributed by atoms with Crippen LogP contribution in [0, 0.1) is 0 Å². The number of nitrogens with one attached hydrogen (secondary N) is 2. The zero-order valence-electron chi connectivity index (χ0n) is 16.8. The summed E-state index contributed by atoms with van der Waals surface area (Å²) in [5.41, 5.74) is 0.0609. The Labute approximate surface area is 178 Å². The van der Waals surface area contributed by atoms with Crippen LogP contribution >= 0.6 is 11.3 Å². The van der Waals surface area contributed by atoms with E-state index in [2.05, 4.69) is 25.6 Å². The number of rotatable bonds is 8. The van der Waals surface area contributed by atoms with Gasteiger partial charge in [-0.1, -0.05) is 6.07 Å². The Kier molecular flexibility index (Phi) is 7.89. The van der Waals surface area contributed by atoms with E-state index < -0.39 is 11.9 Å². The van der Waals surface area contributed by atoms with Crippen molar-refractivity contribution in [1.29, 1.82) is 0 Å². The van der Waals surface area contributed by atoms with Crippen LogP contribution in [-0.4, -0.2) is 35.1 Å². The summed E-state index contributed by atoms with van der Waals surface area (Å²) in [5, 5.41) is 7.76. The Morgan fingerprint density at radius 1 is 1.30 bits per heavy atom. The zero-order chi connectivity index (χ0) is 21.4. The molecular weight excluding hydrogens is 415 g/mol. The van der Waals surface area contributed by atoms with Gasteiger partial charge in [-0.05, 0) is 38.7 Å². The maximum atomic E-state index is 12.7. The summed E-state index contributed by atoms with van der Waals surface area (Å²) in [7, 11) is 0. The number of aliphatic imine (C=N–C) groups is 1. The Morgan fingerprint density at radius 3 is 2.80 bits per heavy atom. The number of halogens is 3. The maximum absolute atomic E-state index is 12.7. The standard InChI is InChI=1S/C20H26F3N5OS/c1-2-24-19(26-11-9-17-28-16(13-30-17)20(21,22)23)27-12-14-6-5-10-25-18(14)29-15-7-3-4-8-15/h5-6,10,13,15H,2-4,7-9,11-12H2,1H3,(H2,24,26,27). The summed E-state index contributed by atoms with van der Waals surface area (Å²) in [5.74, 6) is 1.20. The molecular formula is C20H26F3N5OS. The van der Waals surface area contributed by atoms with Gasteiger partial charge in [-0.25, -0.2) is 15.0 Å². The minimum absolute atomic E-state index is 0.217. The van der Waals surface area contributed by atoms with Crippen molar-refractivity contribution < 1.29 is 17.9 Å². The van der Waals surface area contributed by atoms with Crippen molar-refractivity contribution in [2.75, 3.05) is 13.1 Å². The van der Waals surface area contributed by atoms with Gasteiger partial charge in [0.2, 0.25) is 5.88 Å². The van der Waals surface area contributed by atoms with Crippen LogP contribution in [0.3, 0.4) is 0 Å². The van der Waals surface area contributed by atoms with E-state index in [1.54, 1.807) is 6.20 Å². The molecule has 3 rings (SSSR count). The van der Waals surface area contributed by atoms with Crippen molar-refractivity contribution >= 4 is 17.3 Å². The Morgan fingerprint density at radius 2 is 2.10 bits per heavy atom. The molecule has 0 unspecified atom stereocenters. The quantitative estimate of drug-likeness (QED) is 0.475. The highest BCUT2D eigenvalue weighted by atomic mass is 32.1. The first-order chi connectivity index (χ1) is 14.5. The largest absolute Gasteiger partial charge is 0.474 e. The molecule has 0 radical (unpaired) electrons. The number of hydrogen-bond donors (Lipinski definition) is 2. The molecule has 30 heavy (non-hydrogen) atoms. The number of nitrogens with zero attached hydrogens (tertiary/aromatic N) is 3. The average Bonchev–Trinajstić information content (AvgIpc) is 3.39. The van der Waals surface area contributed by atoms with Crippen molar-refractivity contribution in [3.8, 4) is 5.88 Å². The molecule has 164 valence electrons. The number of guanidine groups is 1. The second-order valence-electron chi connectivity index (χ2n) is 6.99. The first-order valence-corrected chi connectivity index (χ1v) is 11.0. The monoisotopic (exact) mass is 441 g/mol. The fourth-order valence-corrected chi connectivity index (χ4v) is 3.97. The van der Waals surface area contributed by atoms with Gasteiger partial charge in [0.15, 0.2) is 11.7 Å². The number of alkyl halides is 3. The summed E-state index contributed by atoms with van der Waals surface area (Å²) in [4.78, 5) is 12.6. The van der Waals surface area contributed by atoms with E-state index in [9.17, 15) is 13.2 Å². The number of hydrogen-bond acceptors (Lipinski definition) is 5. The highest BCUT2D eigenvalue weighted by molar-refractivity contribution is 7.09. The van der Waals surface area contributed by atoms with E-state index in [0.29, 0.717) is 42.9 Å². The molecule has 1 fully saturated rings. The van der Waals surface area contributed by atoms with Crippen LogP contribution in [0.25, 0.3) is 0 Å². The molecule has 1 aliphatic carbocycles. The van der Waals surface area contributed by atoms with Gasteiger partial charge in [-0.2, -0.15) is 13.2 Å². The van der Waals surface area contributed by atoms with E-state index in [0.717, 1.165) is 35.1 Å². The van der Waals surface area contributed by atoms with Gasteiger partial charge >= 0.3 is 6.18 Å². The minimum Gasteiger partial charge on any atom is -0.474 e. The number of ether oxygens (including phenoxy) is 1. The van der Waals surface area contributed by atoms with Crippen molar-refractivity contribution in [3.63, 3.8) is 0 Å². The first-order valence-electron chi connectivity index (χ1n) is 10.1. The van der Waals surface area contributed by atoms with Crippen molar-refractivity contribution in [2.24, 2.45) is 4.99 Å². The SMILES string of the molecule is CCNC(=NCc1cccnc1OC1CCCC1)NCCc1nc(C(F)(F)F)cs1. The number of aromatic nitrogens is 2. The first kappa shape index (κ1) is 22.3. The molecule has 2 aromatic heterocycles. The molecule has 0 saturated heterocycles. The Hall–Kier alpha value is -2.36. The van der Waals surface area contributed by atoms with Gasteiger partial charge in [-0.3, -0.25) is 0 Å². The summed E-state index contributed by atoms with van der Waals surface area (Å²) >= 11 is 1.01. The molecule has 1 saturated carbocycles. The topological polar surface area (TPSA) is 71.4 Å². The molecule has 6 nitrogen and oxygen atoms in total. The van der Waals surface area contributed by atoms with E-state index in [-0.39, 0.29) is 6.10 Å². The van der Waals surface area contributed by atoms with Crippen LogP contribution in [-0.2, 0) is 19.1 Å². The van der Waals surface area contributed by atoms with Crippen LogP contribution in [0.2, 0.25) is 0 Å². The molecule has 0 spiro atoms. The van der Waals surface area contributed by atoms with Crippen molar-refractivity contribution in [1.82, 2.24) is 20.6 Å². The molecule has 0 atom stereocenters. The Bertz CT molecular complexity index is 834. The average molecular weight is 442 g/mol. The molecule has 2 N–H and O–H groups in total. The highest BCUT2D eigenvalue weighted by Gasteiger charge is 2.33. The van der Waals surface area contributed by atoms with Gasteiger partial charge in [0, 0.05) is 36.7 Å². The normalized spacial score (nSPS) is 15.4. The predicted octanol–water partition coefficient (Wildman–Crippen LogP) is 4.18. The third kappa shape index (κ3) is 6.58. The van der Waals surface area contributed by atoms with Gasteiger partial charge < -0.3 is 15.4 Å². The molecule has 2 heterocycles. The summed E-state index contributed by atoms with van der Waals surface area (Å²) in [6, 6.07) is 3.80. The number of pyridine rings is 1. The fourth-order valence-electron chi connectivity index (χ4n) is 3.16. The summed E-state index contributed by atoms with van der Waals surface area (Å²) in [6.45, 7) is 3.43. The van der Waals surface area contributed by atoms with Crippen LogP contribution in [0.1, 0.15) is 48.9 Å². The van der Waals surface area contributed by atoms with Crippen LogP contribution < -0.4 is 15.4 Å². The molecule has 0 aromatic carbocycles. The lowest BCUT2D eigenvalue weighted by molar-refractivity contribution is -0.140. The fraction of sp³-hybridized carbons (Fsp3) is 0.550. The predicted molar refractivity (Wildman–Crippen MR) is 111 cm³/mol. The lowest BCUT2D eigenvalue weighted by Gasteiger charge is -2.15. The third-order valence-electron chi connectivity index (χ3n) is 4.66. The van der Waals surface area contributed by atoms with E-state index in [1.165, 1.54) is 12.8 Å². The van der Waals surface area contributed by atoms with Crippen LogP contribution in [0.15, 0.2) is 28.7 Å². The van der Waals surface area contributed by atoms with Crippen LogP contribution in [0.5, 0.6) is 5.88 Å². The zero-order valence-corrected chi connectivity index (χ0v) is 17.7. The molecule has 0 amide bonds. The van der Waals surface area contributed by atoms with Gasteiger partial charge in [0.25, 0.3) is 0 Å². The maximum Gasteiger partial charge on any atom is 0.434 e. The smallest absolute Gasteiger partial charge is 0.434 e.